The first-order chi connectivity index (χ1) is 5.18. The molecule has 0 aliphatic rings. The molecule has 0 radical (unpaired) electrons. The van der Waals surface area contributed by atoms with E-state index in [-0.39, 0.29) is 5.91 Å². The van der Waals surface area contributed by atoms with E-state index in [0.29, 0.717) is 0 Å². The smallest absolute Gasteiger partial charge is 0.219 e. The third kappa shape index (κ3) is 5.85. The largest absolute Gasteiger partial charge is 0.346 e. The number of hydrogen-bond donors (Lipinski definition) is 1. The molecule has 0 rings (SSSR count). The van der Waals surface area contributed by atoms with Crippen LogP contribution >= 0.6 is 0 Å². The molecule has 0 heterocycles. The summed E-state index contributed by atoms with van der Waals surface area (Å²) in [5, 5.41) is 3.20. The highest BCUT2D eigenvalue weighted by molar-refractivity contribution is 5.72. The molecule has 0 aliphatic heterocycles. The van der Waals surface area contributed by atoms with Crippen molar-refractivity contribution in [2.75, 3.05) is 26.7 Å². The summed E-state index contributed by atoms with van der Waals surface area (Å²) in [7, 11) is 1.83. The lowest BCUT2D eigenvalue weighted by molar-refractivity contribution is -0.127. The lowest BCUT2D eigenvalue weighted by Gasteiger charge is -2.13. The van der Waals surface area contributed by atoms with Crippen molar-refractivity contribution in [2.45, 2.75) is 20.3 Å². The highest BCUT2D eigenvalue weighted by Crippen LogP contribution is 1.86. The van der Waals surface area contributed by atoms with E-state index in [0.717, 1.165) is 26.1 Å². The van der Waals surface area contributed by atoms with E-state index >= 15 is 0 Å². The monoisotopic (exact) mass is 158 g/mol. The normalized spacial score (nSPS) is 9.73. The summed E-state index contributed by atoms with van der Waals surface area (Å²) < 4.78 is 0. The van der Waals surface area contributed by atoms with E-state index in [2.05, 4.69) is 12.2 Å². The minimum absolute atomic E-state index is 0.140. The first-order valence-corrected chi connectivity index (χ1v) is 4.11. The highest BCUT2D eigenvalue weighted by Gasteiger charge is 1.99. The summed E-state index contributed by atoms with van der Waals surface area (Å²) >= 11 is 0. The van der Waals surface area contributed by atoms with Crippen molar-refractivity contribution >= 4 is 5.91 Å². The van der Waals surface area contributed by atoms with Gasteiger partial charge in [-0.1, -0.05) is 6.92 Å². The molecule has 3 heteroatoms. The van der Waals surface area contributed by atoms with Crippen LogP contribution in [0.5, 0.6) is 0 Å². The summed E-state index contributed by atoms with van der Waals surface area (Å²) in [6, 6.07) is 0. The Labute approximate surface area is 68.8 Å². The van der Waals surface area contributed by atoms with Crippen LogP contribution in [0.1, 0.15) is 20.3 Å². The Bertz CT molecular complexity index is 115. The van der Waals surface area contributed by atoms with Gasteiger partial charge in [-0.15, -0.1) is 0 Å². The fourth-order valence-corrected chi connectivity index (χ4v) is 0.775. The Morgan fingerprint density at radius 2 is 2.18 bits per heavy atom. The molecule has 11 heavy (non-hydrogen) atoms. The van der Waals surface area contributed by atoms with Crippen LogP contribution in [0.4, 0.5) is 0 Å². The molecule has 0 aromatic carbocycles. The first-order valence-electron chi connectivity index (χ1n) is 4.11. The van der Waals surface area contributed by atoms with Crippen LogP contribution in [-0.4, -0.2) is 37.5 Å². The molecule has 0 spiro atoms. The van der Waals surface area contributed by atoms with Crippen molar-refractivity contribution in [1.29, 1.82) is 0 Å². The van der Waals surface area contributed by atoms with E-state index in [9.17, 15) is 4.79 Å². The van der Waals surface area contributed by atoms with Gasteiger partial charge in [-0.2, -0.15) is 0 Å². The van der Waals surface area contributed by atoms with Crippen LogP contribution in [0.2, 0.25) is 0 Å². The van der Waals surface area contributed by atoms with Crippen molar-refractivity contribution in [3.8, 4) is 0 Å². The SMILES string of the molecule is CCNCCCN(C)C(C)=O. The molecule has 0 saturated heterocycles. The molecule has 0 fully saturated rings. The van der Waals surface area contributed by atoms with Crippen molar-refractivity contribution in [1.82, 2.24) is 10.2 Å². The zero-order valence-corrected chi connectivity index (χ0v) is 7.68. The molecule has 0 aliphatic carbocycles. The minimum atomic E-state index is 0.140. The van der Waals surface area contributed by atoms with E-state index < -0.39 is 0 Å². The van der Waals surface area contributed by atoms with Gasteiger partial charge in [0.15, 0.2) is 0 Å². The molecule has 0 bridgehead atoms. The first kappa shape index (κ1) is 10.4. The molecule has 0 atom stereocenters. The Balaban J connectivity index is 3.17. The summed E-state index contributed by atoms with van der Waals surface area (Å²) in [6.45, 7) is 6.52. The Morgan fingerprint density at radius 1 is 1.55 bits per heavy atom. The molecule has 0 aromatic heterocycles. The van der Waals surface area contributed by atoms with Crippen LogP contribution < -0.4 is 5.32 Å². The maximum absolute atomic E-state index is 10.7. The van der Waals surface area contributed by atoms with Gasteiger partial charge in [0.1, 0.15) is 0 Å². The van der Waals surface area contributed by atoms with E-state index in [1.807, 2.05) is 7.05 Å². The molecular weight excluding hydrogens is 140 g/mol. The Kier molecular flexibility index (Phi) is 5.84. The molecule has 1 amide bonds. The summed E-state index contributed by atoms with van der Waals surface area (Å²) in [6.07, 6.45) is 1.03. The molecule has 66 valence electrons. The average Bonchev–Trinajstić information content (AvgIpc) is 1.97. The standard InChI is InChI=1S/C8H18N2O/c1-4-9-6-5-7-10(3)8(2)11/h9H,4-7H2,1-3H3. The maximum Gasteiger partial charge on any atom is 0.219 e. The minimum Gasteiger partial charge on any atom is -0.346 e. The molecule has 0 unspecified atom stereocenters. The van der Waals surface area contributed by atoms with Gasteiger partial charge < -0.3 is 10.2 Å². The zero-order chi connectivity index (χ0) is 8.69. The number of nitrogens with zero attached hydrogens (tertiary/aromatic N) is 1. The molecule has 0 saturated carbocycles. The van der Waals surface area contributed by atoms with Gasteiger partial charge in [-0.05, 0) is 19.5 Å². The number of rotatable bonds is 5. The second-order valence-corrected chi connectivity index (χ2v) is 2.65. The van der Waals surface area contributed by atoms with Crippen LogP contribution in [0.3, 0.4) is 0 Å². The molecule has 1 N–H and O–H groups in total. The molecule has 0 aromatic rings. The third-order valence-electron chi connectivity index (χ3n) is 1.63. The van der Waals surface area contributed by atoms with Crippen molar-refractivity contribution in [3.63, 3.8) is 0 Å². The molecule has 3 nitrogen and oxygen atoms in total. The lowest BCUT2D eigenvalue weighted by Crippen LogP contribution is -2.27. The number of hydrogen-bond acceptors (Lipinski definition) is 2. The van der Waals surface area contributed by atoms with Gasteiger partial charge in [0.25, 0.3) is 0 Å². The fourth-order valence-electron chi connectivity index (χ4n) is 0.775. The zero-order valence-electron chi connectivity index (χ0n) is 7.68. The van der Waals surface area contributed by atoms with Gasteiger partial charge in [-0.25, -0.2) is 0 Å². The maximum atomic E-state index is 10.7. The molecular formula is C8H18N2O. The van der Waals surface area contributed by atoms with E-state index in [1.54, 1.807) is 11.8 Å². The summed E-state index contributed by atoms with van der Waals surface area (Å²) in [4.78, 5) is 12.4. The topological polar surface area (TPSA) is 32.3 Å². The quantitative estimate of drug-likeness (QED) is 0.590. The van der Waals surface area contributed by atoms with Gasteiger partial charge >= 0.3 is 0 Å². The van der Waals surface area contributed by atoms with Crippen molar-refractivity contribution in [2.24, 2.45) is 0 Å². The number of carbonyl (C=O) groups is 1. The van der Waals surface area contributed by atoms with Crippen LogP contribution in [-0.2, 0) is 4.79 Å². The van der Waals surface area contributed by atoms with Crippen LogP contribution in [0.15, 0.2) is 0 Å². The number of carbonyl (C=O) groups excluding carboxylic acids is 1. The van der Waals surface area contributed by atoms with Crippen molar-refractivity contribution < 1.29 is 4.79 Å². The van der Waals surface area contributed by atoms with Crippen LogP contribution in [0, 0.1) is 0 Å². The number of amides is 1. The average molecular weight is 158 g/mol. The Hall–Kier alpha value is -0.570. The predicted octanol–water partition coefficient (Wildman–Crippen LogP) is 0.464. The summed E-state index contributed by atoms with van der Waals surface area (Å²) in [5.74, 6) is 0.140. The van der Waals surface area contributed by atoms with Crippen molar-refractivity contribution in [3.05, 3.63) is 0 Å². The fraction of sp³-hybridized carbons (Fsp3) is 0.875. The second kappa shape index (κ2) is 6.16. The van der Waals surface area contributed by atoms with Gasteiger partial charge in [0.05, 0.1) is 0 Å². The Morgan fingerprint density at radius 3 is 2.64 bits per heavy atom. The van der Waals surface area contributed by atoms with Crippen LogP contribution in [0.25, 0.3) is 0 Å². The van der Waals surface area contributed by atoms with E-state index in [1.165, 1.54) is 0 Å². The van der Waals surface area contributed by atoms with Gasteiger partial charge in [-0.3, -0.25) is 4.79 Å². The second-order valence-electron chi connectivity index (χ2n) is 2.65. The van der Waals surface area contributed by atoms with E-state index in [4.69, 9.17) is 0 Å². The summed E-state index contributed by atoms with van der Waals surface area (Å²) in [5.41, 5.74) is 0. The van der Waals surface area contributed by atoms with Gasteiger partial charge in [0, 0.05) is 20.5 Å². The van der Waals surface area contributed by atoms with Gasteiger partial charge in [0.2, 0.25) is 5.91 Å². The highest BCUT2D eigenvalue weighted by atomic mass is 16.2. The lowest BCUT2D eigenvalue weighted by atomic mass is 10.4. The number of nitrogens with one attached hydrogen (secondary N) is 1. The predicted molar refractivity (Wildman–Crippen MR) is 46.5 cm³/mol. The third-order valence-corrected chi connectivity index (χ3v) is 1.63.